The van der Waals surface area contributed by atoms with Gasteiger partial charge in [-0.25, -0.2) is 9.97 Å². The smallest absolute Gasteiger partial charge is 0.225 e. The number of hydrogen-bond donors (Lipinski definition) is 0. The molecule has 2 aromatic heterocycles. The molecular weight excluding hydrogens is 394 g/mol. The highest BCUT2D eigenvalue weighted by Crippen LogP contribution is 2.36. The first-order valence-corrected chi connectivity index (χ1v) is 11.6. The molecule has 0 spiro atoms. The first kappa shape index (κ1) is 20.4. The van der Waals surface area contributed by atoms with Crippen LogP contribution < -0.4 is 4.90 Å². The zero-order valence-electron chi connectivity index (χ0n) is 18.3. The van der Waals surface area contributed by atoms with Crippen molar-refractivity contribution in [1.82, 2.24) is 20.0 Å². The average Bonchev–Trinajstić information content (AvgIpc) is 3.51. The summed E-state index contributed by atoms with van der Waals surface area (Å²) >= 11 is 0. The van der Waals surface area contributed by atoms with Gasteiger partial charge in [0.25, 0.3) is 0 Å². The lowest BCUT2D eigenvalue weighted by Crippen LogP contribution is -2.42. The molecular formula is C23H31N5O3. The summed E-state index contributed by atoms with van der Waals surface area (Å²) < 4.78 is 11.1. The lowest BCUT2D eigenvalue weighted by atomic mass is 9.90. The van der Waals surface area contributed by atoms with Gasteiger partial charge in [-0.2, -0.15) is 0 Å². The van der Waals surface area contributed by atoms with Gasteiger partial charge in [-0.15, -0.1) is 0 Å². The number of likely N-dealkylation sites (tertiary alicyclic amines) is 1. The monoisotopic (exact) mass is 425 g/mol. The highest BCUT2D eigenvalue weighted by Gasteiger charge is 2.33. The number of aromatic nitrogens is 3. The number of ether oxygens (including phenoxy) is 1. The van der Waals surface area contributed by atoms with Crippen LogP contribution in [0.4, 0.5) is 5.95 Å². The molecule has 2 saturated heterocycles. The van der Waals surface area contributed by atoms with Crippen molar-refractivity contribution >= 4 is 11.9 Å². The molecule has 2 aromatic rings. The number of carbonyl (C=O) groups is 1. The van der Waals surface area contributed by atoms with E-state index >= 15 is 0 Å². The number of anilines is 1. The standard InChI is InChI=1S/C23H31N5O3/c1-16-13-20(31-26-16)19-14-24-23(27-9-11-30-12-10-27)25-21(19)18-7-4-8-28(15-18)22(29)17-5-2-3-6-17/h13-14,17-18H,2-12,15H2,1H3/t18-/m1/s1. The van der Waals surface area contributed by atoms with Gasteiger partial charge in [0, 0.05) is 50.3 Å². The molecule has 1 saturated carbocycles. The van der Waals surface area contributed by atoms with Gasteiger partial charge in [0.15, 0.2) is 5.76 Å². The summed E-state index contributed by atoms with van der Waals surface area (Å²) in [5.74, 6) is 2.14. The number of rotatable bonds is 4. The normalized spacial score (nSPS) is 22.8. The number of aryl methyl sites for hydroxylation is 1. The van der Waals surface area contributed by atoms with Crippen molar-refractivity contribution in [2.45, 2.75) is 51.4 Å². The Bertz CT molecular complexity index is 918. The van der Waals surface area contributed by atoms with Gasteiger partial charge in [0.05, 0.1) is 30.2 Å². The molecule has 8 nitrogen and oxygen atoms in total. The zero-order valence-corrected chi connectivity index (χ0v) is 18.3. The summed E-state index contributed by atoms with van der Waals surface area (Å²) in [7, 11) is 0. The molecule has 0 bridgehead atoms. The Morgan fingerprint density at radius 1 is 1.10 bits per heavy atom. The van der Waals surface area contributed by atoms with Gasteiger partial charge in [-0.1, -0.05) is 18.0 Å². The highest BCUT2D eigenvalue weighted by molar-refractivity contribution is 5.79. The van der Waals surface area contributed by atoms with Gasteiger partial charge in [-0.3, -0.25) is 4.79 Å². The molecule has 5 rings (SSSR count). The van der Waals surface area contributed by atoms with E-state index in [1.165, 1.54) is 12.8 Å². The van der Waals surface area contributed by atoms with Gasteiger partial charge in [-0.05, 0) is 32.6 Å². The largest absolute Gasteiger partial charge is 0.378 e. The molecule has 0 aromatic carbocycles. The van der Waals surface area contributed by atoms with Crippen LogP contribution in [0.3, 0.4) is 0 Å². The molecule has 0 radical (unpaired) electrons. The van der Waals surface area contributed by atoms with Crippen molar-refractivity contribution in [2.24, 2.45) is 5.92 Å². The maximum atomic E-state index is 13.1. The van der Waals surface area contributed by atoms with E-state index in [0.29, 0.717) is 24.9 Å². The van der Waals surface area contributed by atoms with E-state index in [0.717, 1.165) is 74.8 Å². The van der Waals surface area contributed by atoms with Crippen LogP contribution in [0.5, 0.6) is 0 Å². The third-order valence-corrected chi connectivity index (χ3v) is 6.82. The molecule has 0 N–H and O–H groups in total. The van der Waals surface area contributed by atoms with Crippen LogP contribution in [-0.4, -0.2) is 65.3 Å². The van der Waals surface area contributed by atoms with E-state index in [1.807, 2.05) is 19.2 Å². The second-order valence-corrected chi connectivity index (χ2v) is 9.01. The maximum Gasteiger partial charge on any atom is 0.225 e. The van der Waals surface area contributed by atoms with Gasteiger partial charge >= 0.3 is 0 Å². The molecule has 0 unspecified atom stereocenters. The minimum Gasteiger partial charge on any atom is -0.378 e. The third kappa shape index (κ3) is 4.31. The van der Waals surface area contributed by atoms with Crippen molar-refractivity contribution in [3.63, 3.8) is 0 Å². The molecule has 3 aliphatic rings. The first-order valence-electron chi connectivity index (χ1n) is 11.6. The molecule has 8 heteroatoms. The van der Waals surface area contributed by atoms with Gasteiger partial charge in [0.2, 0.25) is 11.9 Å². The van der Waals surface area contributed by atoms with Crippen molar-refractivity contribution in [3.05, 3.63) is 23.7 Å². The number of carbonyl (C=O) groups excluding carboxylic acids is 1. The predicted molar refractivity (Wildman–Crippen MR) is 116 cm³/mol. The number of nitrogens with zero attached hydrogens (tertiary/aromatic N) is 5. The van der Waals surface area contributed by atoms with E-state index in [9.17, 15) is 4.79 Å². The number of piperidine rings is 1. The zero-order chi connectivity index (χ0) is 21.2. The Labute approximate surface area is 183 Å². The van der Waals surface area contributed by atoms with E-state index < -0.39 is 0 Å². The van der Waals surface area contributed by atoms with Crippen LogP contribution in [0.2, 0.25) is 0 Å². The maximum absolute atomic E-state index is 13.1. The average molecular weight is 426 g/mol. The Kier molecular flexibility index (Phi) is 5.89. The summed E-state index contributed by atoms with van der Waals surface area (Å²) in [4.78, 5) is 27.0. The Morgan fingerprint density at radius 2 is 1.90 bits per heavy atom. The molecule has 4 heterocycles. The summed E-state index contributed by atoms with van der Waals surface area (Å²) in [6, 6.07) is 1.93. The molecule has 31 heavy (non-hydrogen) atoms. The third-order valence-electron chi connectivity index (χ3n) is 6.82. The Hall–Kier alpha value is -2.48. The first-order chi connectivity index (χ1) is 15.2. The molecule has 166 valence electrons. The molecule has 1 amide bonds. The fraction of sp³-hybridized carbons (Fsp3) is 0.652. The van der Waals surface area contributed by atoms with Crippen LogP contribution in [0.15, 0.2) is 16.8 Å². The fourth-order valence-electron chi connectivity index (χ4n) is 5.12. The van der Waals surface area contributed by atoms with E-state index in [1.54, 1.807) is 0 Å². The van der Waals surface area contributed by atoms with E-state index in [4.69, 9.17) is 14.2 Å². The van der Waals surface area contributed by atoms with Gasteiger partial charge < -0.3 is 19.1 Å². The Morgan fingerprint density at radius 3 is 2.65 bits per heavy atom. The lowest BCUT2D eigenvalue weighted by Gasteiger charge is -2.35. The van der Waals surface area contributed by atoms with Crippen LogP contribution in [-0.2, 0) is 9.53 Å². The van der Waals surface area contributed by atoms with Crippen molar-refractivity contribution in [3.8, 4) is 11.3 Å². The predicted octanol–water partition coefficient (Wildman–Crippen LogP) is 3.17. The van der Waals surface area contributed by atoms with Crippen LogP contribution in [0.25, 0.3) is 11.3 Å². The fourth-order valence-corrected chi connectivity index (χ4v) is 5.12. The summed E-state index contributed by atoms with van der Waals surface area (Å²) in [6.07, 6.45) is 8.30. The van der Waals surface area contributed by atoms with Crippen LogP contribution in [0.1, 0.15) is 55.8 Å². The topological polar surface area (TPSA) is 84.6 Å². The van der Waals surface area contributed by atoms with Gasteiger partial charge in [0.1, 0.15) is 0 Å². The van der Waals surface area contributed by atoms with Crippen LogP contribution >= 0.6 is 0 Å². The second kappa shape index (κ2) is 8.94. The molecule has 1 atom stereocenters. The number of morpholine rings is 1. The van der Waals surface area contributed by atoms with Crippen molar-refractivity contribution < 1.29 is 14.1 Å². The number of amides is 1. The minimum atomic E-state index is 0.169. The SMILES string of the molecule is Cc1cc(-c2cnc(N3CCOCC3)nc2[C@@H]2CCCN(C(=O)C3CCCC3)C2)on1. The van der Waals surface area contributed by atoms with Crippen LogP contribution in [0, 0.1) is 12.8 Å². The molecule has 3 fully saturated rings. The summed E-state index contributed by atoms with van der Waals surface area (Å²) in [5.41, 5.74) is 2.69. The van der Waals surface area contributed by atoms with Crippen molar-refractivity contribution in [2.75, 3.05) is 44.3 Å². The molecule has 2 aliphatic heterocycles. The van der Waals surface area contributed by atoms with Crippen molar-refractivity contribution in [1.29, 1.82) is 0 Å². The quantitative estimate of drug-likeness (QED) is 0.744. The Balaban J connectivity index is 1.45. The number of hydrogen-bond acceptors (Lipinski definition) is 7. The summed E-state index contributed by atoms with van der Waals surface area (Å²) in [5, 5.41) is 4.06. The minimum absolute atomic E-state index is 0.169. The van der Waals surface area contributed by atoms with E-state index in [2.05, 4.69) is 19.9 Å². The molecule has 1 aliphatic carbocycles. The second-order valence-electron chi connectivity index (χ2n) is 9.01. The highest BCUT2D eigenvalue weighted by atomic mass is 16.5. The summed E-state index contributed by atoms with van der Waals surface area (Å²) in [6.45, 7) is 6.44. The van der Waals surface area contributed by atoms with E-state index in [-0.39, 0.29) is 11.8 Å². The lowest BCUT2D eigenvalue weighted by molar-refractivity contribution is -0.136.